The summed E-state index contributed by atoms with van der Waals surface area (Å²) in [7, 11) is -1.98. The van der Waals surface area contributed by atoms with Crippen LogP contribution in [0.4, 0.5) is 0 Å². The van der Waals surface area contributed by atoms with Gasteiger partial charge in [0.25, 0.3) is 0 Å². The summed E-state index contributed by atoms with van der Waals surface area (Å²) in [4.78, 5) is 17.6. The fourth-order valence-corrected chi connectivity index (χ4v) is 7.42. The lowest BCUT2D eigenvalue weighted by Crippen LogP contribution is -2.36. The minimum atomic E-state index is -3.87. The molecule has 4 aromatic rings. The molecule has 0 unspecified atom stereocenters. The van der Waals surface area contributed by atoms with Gasteiger partial charge in [-0.25, -0.2) is 18.1 Å². The lowest BCUT2D eigenvalue weighted by Gasteiger charge is -2.25. The Bertz CT molecular complexity index is 1770. The van der Waals surface area contributed by atoms with Crippen LogP contribution in [0.2, 0.25) is 0 Å². The van der Waals surface area contributed by atoms with E-state index < -0.39 is 10.0 Å². The van der Waals surface area contributed by atoms with Crippen molar-refractivity contribution >= 4 is 27.0 Å². The maximum absolute atomic E-state index is 13.9. The molecule has 45 heavy (non-hydrogen) atoms. The van der Waals surface area contributed by atoms with Crippen molar-refractivity contribution in [3.8, 4) is 5.88 Å². The number of nitrogens with one attached hydrogen (secondary N) is 2. The second-order valence-corrected chi connectivity index (χ2v) is 13.5. The lowest BCUT2D eigenvalue weighted by atomic mass is 9.84. The quantitative estimate of drug-likeness (QED) is 0.223. The number of fused-ring (bicyclic) bond motifs is 2. The molecule has 1 aliphatic rings. The number of benzene rings is 2. The molecular formula is C33H43N7O4S. The Labute approximate surface area is 265 Å². The van der Waals surface area contributed by atoms with Crippen molar-refractivity contribution in [2.45, 2.75) is 77.0 Å². The topological polar surface area (TPSA) is 131 Å². The zero-order valence-corrected chi connectivity index (χ0v) is 27.5. The van der Waals surface area contributed by atoms with Crippen molar-refractivity contribution in [3.05, 3.63) is 76.5 Å². The predicted molar refractivity (Wildman–Crippen MR) is 174 cm³/mol. The van der Waals surface area contributed by atoms with Gasteiger partial charge < -0.3 is 15.4 Å². The van der Waals surface area contributed by atoms with Gasteiger partial charge in [-0.05, 0) is 93.2 Å². The number of aromatic nitrogens is 4. The smallest absolute Gasteiger partial charge is 0.248 e. The van der Waals surface area contributed by atoms with Crippen molar-refractivity contribution in [1.29, 1.82) is 0 Å². The number of carbonyl (C=O) groups is 1. The Kier molecular flexibility index (Phi) is 10.2. The first-order valence-electron chi connectivity index (χ1n) is 15.6. The van der Waals surface area contributed by atoms with E-state index in [9.17, 15) is 13.2 Å². The van der Waals surface area contributed by atoms with Crippen LogP contribution in [0.25, 0.3) is 11.0 Å². The van der Waals surface area contributed by atoms with Gasteiger partial charge in [-0.3, -0.25) is 4.79 Å². The zero-order valence-electron chi connectivity index (χ0n) is 26.7. The number of hydrogen-bond acceptors (Lipinski definition) is 8. The average molecular weight is 634 g/mol. The van der Waals surface area contributed by atoms with Gasteiger partial charge in [0, 0.05) is 38.2 Å². The third-order valence-corrected chi connectivity index (χ3v) is 10.4. The first kappa shape index (κ1) is 32.5. The highest BCUT2D eigenvalue weighted by Gasteiger charge is 2.35. The van der Waals surface area contributed by atoms with Crippen LogP contribution in [0, 0.1) is 13.8 Å². The molecule has 0 spiro atoms. The normalized spacial score (nSPS) is 17.0. The molecule has 5 rings (SSSR count). The predicted octanol–water partition coefficient (Wildman–Crippen LogP) is 4.07. The van der Waals surface area contributed by atoms with Gasteiger partial charge in [0.2, 0.25) is 21.8 Å². The Morgan fingerprint density at radius 1 is 1.13 bits per heavy atom. The van der Waals surface area contributed by atoms with E-state index in [1.807, 2.05) is 63.7 Å². The summed E-state index contributed by atoms with van der Waals surface area (Å²) < 4.78 is 37.1. The Morgan fingerprint density at radius 2 is 1.96 bits per heavy atom. The lowest BCUT2D eigenvalue weighted by molar-refractivity contribution is -0.121. The van der Waals surface area contributed by atoms with Crippen LogP contribution < -0.4 is 15.4 Å². The average Bonchev–Trinajstić information content (AvgIpc) is 3.42. The molecular weight excluding hydrogens is 590 g/mol. The SMILES string of the molecule is CC[C@@H]1CN(Cc2cc([C@H](CC(=O)NCCCNC)c3ccc4c(nnn4CC)c3C)ccc2C)S(=O)(=O)c2cccnc2O1. The fourth-order valence-electron chi connectivity index (χ4n) is 5.90. The van der Waals surface area contributed by atoms with Gasteiger partial charge in [-0.2, -0.15) is 4.31 Å². The van der Waals surface area contributed by atoms with Gasteiger partial charge in [0.05, 0.1) is 12.1 Å². The van der Waals surface area contributed by atoms with Crippen LogP contribution in [-0.4, -0.2) is 71.4 Å². The highest BCUT2D eigenvalue weighted by Crippen LogP contribution is 2.36. The largest absolute Gasteiger partial charge is 0.472 e. The van der Waals surface area contributed by atoms with E-state index in [4.69, 9.17) is 4.74 Å². The minimum absolute atomic E-state index is 0.0444. The Balaban J connectivity index is 1.53. The van der Waals surface area contributed by atoms with E-state index in [0.717, 1.165) is 51.8 Å². The monoisotopic (exact) mass is 633 g/mol. The summed E-state index contributed by atoms with van der Waals surface area (Å²) in [5.74, 6) is -0.178. The molecule has 0 bridgehead atoms. The van der Waals surface area contributed by atoms with Crippen molar-refractivity contribution < 1.29 is 17.9 Å². The van der Waals surface area contributed by atoms with Crippen molar-refractivity contribution in [3.63, 3.8) is 0 Å². The molecule has 2 atom stereocenters. The molecule has 2 aromatic carbocycles. The number of hydrogen-bond donors (Lipinski definition) is 2. The molecule has 3 heterocycles. The summed E-state index contributed by atoms with van der Waals surface area (Å²) in [6, 6.07) is 13.4. The van der Waals surface area contributed by atoms with Gasteiger partial charge in [0.15, 0.2) is 0 Å². The Hall–Kier alpha value is -3.87. The highest BCUT2D eigenvalue weighted by molar-refractivity contribution is 7.89. The van der Waals surface area contributed by atoms with Crippen molar-refractivity contribution in [2.24, 2.45) is 0 Å². The second-order valence-electron chi connectivity index (χ2n) is 11.6. The summed E-state index contributed by atoms with van der Waals surface area (Å²) >= 11 is 0. The van der Waals surface area contributed by atoms with Gasteiger partial charge in [-0.15, -0.1) is 5.10 Å². The summed E-state index contributed by atoms with van der Waals surface area (Å²) in [6.45, 7) is 10.5. The van der Waals surface area contributed by atoms with Crippen molar-refractivity contribution in [1.82, 2.24) is 34.9 Å². The molecule has 0 radical (unpaired) electrons. The van der Waals surface area contributed by atoms with Gasteiger partial charge >= 0.3 is 0 Å². The van der Waals surface area contributed by atoms with Crippen LogP contribution >= 0.6 is 0 Å². The molecule has 1 aliphatic heterocycles. The molecule has 2 aromatic heterocycles. The molecule has 12 heteroatoms. The standard InChI is InChI=1S/C33H43N7O4S/c1-6-26-21-39(45(42,43)30-10-8-16-36-33(30)44-26)20-25-18-24(12-11-22(25)3)28(19-31(41)35-17-9-15-34-5)27-13-14-29-32(23(27)4)37-38-40(29)7-2/h8,10-14,16,18,26,28,34H,6-7,9,15,17,19-21H2,1-5H3,(H,35,41)/t26-,28+/m1/s1. The molecule has 0 fully saturated rings. The number of nitrogens with zero attached hydrogens (tertiary/aromatic N) is 5. The fraction of sp³-hybridized carbons (Fsp3) is 0.455. The zero-order chi connectivity index (χ0) is 32.1. The third kappa shape index (κ3) is 6.87. The Morgan fingerprint density at radius 3 is 2.71 bits per heavy atom. The number of ether oxygens (including phenoxy) is 1. The van der Waals surface area contributed by atoms with Crippen molar-refractivity contribution in [2.75, 3.05) is 26.7 Å². The number of aryl methyl sites for hydroxylation is 3. The van der Waals surface area contributed by atoms with Crippen LogP contribution in [0.3, 0.4) is 0 Å². The van der Waals surface area contributed by atoms with Crippen LogP contribution in [0.15, 0.2) is 53.6 Å². The summed E-state index contributed by atoms with van der Waals surface area (Å²) in [5, 5.41) is 14.9. The number of pyridine rings is 1. The van der Waals surface area contributed by atoms with Gasteiger partial charge in [-0.1, -0.05) is 36.4 Å². The van der Waals surface area contributed by atoms with Gasteiger partial charge in [0.1, 0.15) is 16.5 Å². The van der Waals surface area contributed by atoms with E-state index >= 15 is 0 Å². The van der Waals surface area contributed by atoms with E-state index in [1.54, 1.807) is 18.3 Å². The van der Waals surface area contributed by atoms with E-state index in [2.05, 4.69) is 32.0 Å². The maximum atomic E-state index is 13.9. The number of amides is 1. The van der Waals surface area contributed by atoms with E-state index in [1.165, 1.54) is 4.31 Å². The number of carbonyl (C=O) groups excluding carboxylic acids is 1. The van der Waals surface area contributed by atoms with Crippen LogP contribution in [-0.2, 0) is 27.9 Å². The summed E-state index contributed by atoms with van der Waals surface area (Å²) in [6.07, 6.45) is 2.92. The minimum Gasteiger partial charge on any atom is -0.472 e. The highest BCUT2D eigenvalue weighted by atomic mass is 32.2. The first-order valence-corrected chi connectivity index (χ1v) is 17.1. The molecule has 0 saturated carbocycles. The van der Waals surface area contributed by atoms with Crippen LogP contribution in [0.5, 0.6) is 5.88 Å². The van der Waals surface area contributed by atoms with E-state index in [-0.39, 0.29) is 48.2 Å². The molecule has 2 N–H and O–H groups in total. The molecule has 11 nitrogen and oxygen atoms in total. The maximum Gasteiger partial charge on any atom is 0.248 e. The first-order chi connectivity index (χ1) is 21.7. The molecule has 240 valence electrons. The molecule has 0 aliphatic carbocycles. The molecule has 1 amide bonds. The van der Waals surface area contributed by atoms with Crippen LogP contribution in [0.1, 0.15) is 66.8 Å². The second kappa shape index (κ2) is 14.1. The number of sulfonamides is 1. The van der Waals surface area contributed by atoms with E-state index in [0.29, 0.717) is 19.5 Å². The number of rotatable bonds is 12. The third-order valence-electron chi connectivity index (χ3n) is 8.59. The summed E-state index contributed by atoms with van der Waals surface area (Å²) in [5.41, 5.74) is 6.50. The molecule has 0 saturated heterocycles.